The molecule has 2 unspecified atom stereocenters. The molecule has 0 saturated carbocycles. The van der Waals surface area contributed by atoms with E-state index in [2.05, 4.69) is 10.8 Å². The summed E-state index contributed by atoms with van der Waals surface area (Å²) in [7, 11) is 1.12. The Bertz CT molecular complexity index is 67.3. The van der Waals surface area contributed by atoms with Crippen molar-refractivity contribution in [2.24, 2.45) is 11.7 Å². The van der Waals surface area contributed by atoms with Gasteiger partial charge in [0.15, 0.2) is 0 Å². The maximum Gasteiger partial charge on any atom is 0.125 e. The summed E-state index contributed by atoms with van der Waals surface area (Å²) >= 11 is 0. The minimum Gasteiger partial charge on any atom is -0.547 e. The smallest absolute Gasteiger partial charge is 0.125 e. The summed E-state index contributed by atoms with van der Waals surface area (Å²) in [5, 5.41) is 9.14. The molecule has 0 heterocycles. The van der Waals surface area contributed by atoms with Crippen LogP contribution >= 0.6 is 0 Å². The van der Waals surface area contributed by atoms with Crippen molar-refractivity contribution in [3.8, 4) is 0 Å². The molecule has 0 radical (unpaired) electrons. The number of nitrogens with two attached hydrogens (primary N) is 2. The van der Waals surface area contributed by atoms with Gasteiger partial charge in [-0.1, -0.05) is 4.94 Å². The van der Waals surface area contributed by atoms with Gasteiger partial charge in [0.25, 0.3) is 0 Å². The number of rotatable bonds is 2. The van der Waals surface area contributed by atoms with Crippen LogP contribution in [0.3, 0.4) is 0 Å². The molecule has 0 spiro atoms. The quantitative estimate of drug-likeness (QED) is 0.212. The van der Waals surface area contributed by atoms with Crippen LogP contribution in [0.15, 0.2) is 0 Å². The summed E-state index contributed by atoms with van der Waals surface area (Å²) in [6.07, 6.45) is 0. The molecule has 6 N–H and O–H groups in total. The Morgan fingerprint density at radius 2 is 2.25 bits per heavy atom. The standard InChI is InChI=1S/CH9N5O2/c1-6(2,3)5(7)8-4/h5H,4H2,1H3,(H3,2,3). The van der Waals surface area contributed by atoms with Crippen molar-refractivity contribution in [2.75, 3.05) is 7.05 Å². The van der Waals surface area contributed by atoms with E-state index in [0.717, 1.165) is 7.05 Å². The highest BCUT2D eigenvalue weighted by atomic mass is 17.0. The van der Waals surface area contributed by atoms with Crippen LogP contribution in [0.1, 0.15) is 0 Å². The van der Waals surface area contributed by atoms with Gasteiger partial charge in [-0.15, -0.1) is 10.7 Å². The average Bonchev–Trinajstić information content (AvgIpc) is 1.62. The summed E-state index contributed by atoms with van der Waals surface area (Å²) < 4.78 is 0. The molecule has 7 heteroatoms. The summed E-state index contributed by atoms with van der Waals surface area (Å²) in [5.74, 6) is 15.9. The number of quaternary nitrogens is 2. The lowest BCUT2D eigenvalue weighted by atomic mass is 11.3. The molecule has 0 amide bonds. The van der Waals surface area contributed by atoms with Gasteiger partial charge in [-0.05, 0) is 5.34 Å². The van der Waals surface area contributed by atoms with Crippen molar-refractivity contribution >= 4 is 0 Å². The third-order valence-electron chi connectivity index (χ3n) is 0.480. The minimum atomic E-state index is -1.16. The van der Waals surface area contributed by atoms with Crippen molar-refractivity contribution in [1.29, 1.82) is 0 Å². The van der Waals surface area contributed by atoms with Gasteiger partial charge in [-0.3, -0.25) is 0 Å². The highest BCUT2D eigenvalue weighted by molar-refractivity contribution is 3.95. The summed E-state index contributed by atoms with van der Waals surface area (Å²) in [4.78, 5) is 2.48. The SMILES string of the molecule is C[N+]([NH-])(N)[NH+]([O-])ON. The Morgan fingerprint density at radius 1 is 1.88 bits per heavy atom. The Labute approximate surface area is 46.2 Å². The summed E-state index contributed by atoms with van der Waals surface area (Å²) in [6.45, 7) is 0. The Balaban J connectivity index is 3.62. The zero-order valence-corrected chi connectivity index (χ0v) is 4.42. The van der Waals surface area contributed by atoms with Crippen LogP contribution in [-0.2, 0) is 4.94 Å². The van der Waals surface area contributed by atoms with E-state index in [1.54, 1.807) is 0 Å². The van der Waals surface area contributed by atoms with Gasteiger partial charge in [0.1, 0.15) is 7.05 Å². The fraction of sp³-hybridized carbons (Fsp3) is 1.00. The molecular formula is CH9N5O2. The van der Waals surface area contributed by atoms with Crippen molar-refractivity contribution in [2.45, 2.75) is 0 Å². The van der Waals surface area contributed by atoms with Crippen molar-refractivity contribution in [3.63, 3.8) is 0 Å². The van der Waals surface area contributed by atoms with Crippen LogP contribution in [0, 0.1) is 5.21 Å². The van der Waals surface area contributed by atoms with Crippen LogP contribution in [0.4, 0.5) is 0 Å². The number of nitrogens with zero attached hydrogens (tertiary/aromatic N) is 1. The van der Waals surface area contributed by atoms with Crippen LogP contribution in [0.5, 0.6) is 0 Å². The summed E-state index contributed by atoms with van der Waals surface area (Å²) in [6, 6.07) is 0. The van der Waals surface area contributed by atoms with Gasteiger partial charge < -0.3 is 11.0 Å². The van der Waals surface area contributed by atoms with E-state index in [-0.39, 0.29) is 0 Å². The second-order valence-electron chi connectivity index (χ2n) is 1.46. The Kier molecular flexibility index (Phi) is 2.25. The first-order valence-corrected chi connectivity index (χ1v) is 1.80. The number of hydrogen-bond acceptors (Lipinski definition) is 4. The molecule has 0 aliphatic carbocycles. The molecule has 50 valence electrons. The molecule has 0 aromatic carbocycles. The van der Waals surface area contributed by atoms with Crippen molar-refractivity contribution in [1.82, 2.24) is 0 Å². The van der Waals surface area contributed by atoms with E-state index in [1.807, 2.05) is 0 Å². The first-order chi connectivity index (χ1) is 3.48. The van der Waals surface area contributed by atoms with Gasteiger partial charge >= 0.3 is 0 Å². The van der Waals surface area contributed by atoms with Crippen LogP contribution in [0.2, 0.25) is 0 Å². The molecule has 0 aromatic heterocycles. The molecule has 8 heavy (non-hydrogen) atoms. The lowest BCUT2D eigenvalue weighted by molar-refractivity contribution is -1.54. The van der Waals surface area contributed by atoms with Crippen molar-refractivity contribution in [3.05, 3.63) is 11.0 Å². The fourth-order valence-electron chi connectivity index (χ4n) is 0.109. The first-order valence-electron chi connectivity index (χ1n) is 1.80. The average molecular weight is 123 g/mol. The Hall–Kier alpha value is -0.280. The van der Waals surface area contributed by atoms with E-state index < -0.39 is 10.1 Å². The van der Waals surface area contributed by atoms with E-state index in [0.29, 0.717) is 0 Å². The second-order valence-corrected chi connectivity index (χ2v) is 1.46. The Morgan fingerprint density at radius 3 is 2.25 bits per heavy atom. The molecular weight excluding hydrogens is 114 g/mol. The molecule has 0 aliphatic rings. The highest BCUT2D eigenvalue weighted by Crippen LogP contribution is 1.70. The highest BCUT2D eigenvalue weighted by Gasteiger charge is 2.09. The van der Waals surface area contributed by atoms with E-state index in [4.69, 9.17) is 11.7 Å². The van der Waals surface area contributed by atoms with Gasteiger partial charge in [0.05, 0.1) is 0 Å². The van der Waals surface area contributed by atoms with Crippen molar-refractivity contribution < 1.29 is 15.1 Å². The molecule has 7 nitrogen and oxygen atoms in total. The predicted octanol–water partition coefficient (Wildman–Crippen LogP) is -2.62. The van der Waals surface area contributed by atoms with Gasteiger partial charge in [-0.25, -0.2) is 0 Å². The van der Waals surface area contributed by atoms with Crippen LogP contribution < -0.4 is 17.1 Å². The van der Waals surface area contributed by atoms with E-state index in [9.17, 15) is 5.21 Å². The molecule has 0 aromatic rings. The fourth-order valence-corrected chi connectivity index (χ4v) is 0.109. The predicted molar refractivity (Wildman–Crippen MR) is 24.3 cm³/mol. The van der Waals surface area contributed by atoms with Crippen LogP contribution in [0.25, 0.3) is 5.84 Å². The minimum absolute atomic E-state index is 1.01. The van der Waals surface area contributed by atoms with Crippen LogP contribution in [-0.4, -0.2) is 11.9 Å². The van der Waals surface area contributed by atoms with Gasteiger partial charge in [0.2, 0.25) is 0 Å². The molecule has 0 bridgehead atoms. The molecule has 0 fully saturated rings. The lowest BCUT2D eigenvalue weighted by Crippen LogP contribution is -3.20. The molecule has 2 atom stereocenters. The maximum absolute atomic E-state index is 10.1. The number of nitrogens with one attached hydrogen (secondary N) is 2. The third kappa shape index (κ3) is 2.14. The normalized spacial score (nSPS) is 22.1. The number of hydrogen-bond donors (Lipinski definition) is 3. The second kappa shape index (κ2) is 2.33. The monoisotopic (exact) mass is 123 g/mol. The largest absolute Gasteiger partial charge is 0.547 e. The molecule has 0 aliphatic heterocycles. The van der Waals surface area contributed by atoms with E-state index >= 15 is 0 Å². The lowest BCUT2D eigenvalue weighted by Gasteiger charge is -2.34. The van der Waals surface area contributed by atoms with Gasteiger partial charge in [-0.2, -0.15) is 5.90 Å². The zero-order chi connectivity index (χ0) is 6.78. The molecule has 0 rings (SSSR count). The first kappa shape index (κ1) is 7.72. The van der Waals surface area contributed by atoms with E-state index in [1.165, 1.54) is 0 Å². The summed E-state index contributed by atoms with van der Waals surface area (Å²) in [5.41, 5.74) is 0. The zero-order valence-electron chi connectivity index (χ0n) is 4.42. The molecule has 0 saturated heterocycles. The van der Waals surface area contributed by atoms with Gasteiger partial charge in [0, 0.05) is 0 Å². The third-order valence-corrected chi connectivity index (χ3v) is 0.480. The topological polar surface area (TPSA) is 113 Å². The maximum atomic E-state index is 10.1.